The number of hydrogen-bond donors (Lipinski definition) is 0. The van der Waals surface area contributed by atoms with Gasteiger partial charge in [0, 0.05) is 0 Å². The summed E-state index contributed by atoms with van der Waals surface area (Å²) >= 11 is 0. The molecule has 1 atom stereocenters. The SMILES string of the molecule is CC1[CH][CH]CC=C1. The van der Waals surface area contributed by atoms with Crippen molar-refractivity contribution in [2.24, 2.45) is 5.92 Å². The largest absolute Gasteiger partial charge is 0.0880 e. The standard InChI is InChI=1S/C7H10/c1-7-5-3-2-4-6-7/h3-7H,2H2,1H3. The highest BCUT2D eigenvalue weighted by Gasteiger charge is 1.99. The monoisotopic (exact) mass is 94.1 g/mol. The van der Waals surface area contributed by atoms with Gasteiger partial charge in [0.15, 0.2) is 0 Å². The Balaban J connectivity index is 2.36. The van der Waals surface area contributed by atoms with Crippen LogP contribution in [-0.2, 0) is 0 Å². The van der Waals surface area contributed by atoms with Crippen LogP contribution in [-0.4, -0.2) is 0 Å². The Morgan fingerprint density at radius 1 is 1.57 bits per heavy atom. The van der Waals surface area contributed by atoms with Crippen molar-refractivity contribution in [2.45, 2.75) is 13.3 Å². The van der Waals surface area contributed by atoms with E-state index < -0.39 is 0 Å². The fourth-order valence-corrected chi connectivity index (χ4v) is 0.729. The summed E-state index contributed by atoms with van der Waals surface area (Å²) in [6.07, 6.45) is 9.97. The van der Waals surface area contributed by atoms with E-state index in [9.17, 15) is 0 Å². The molecule has 0 aromatic carbocycles. The third-order valence-electron chi connectivity index (χ3n) is 1.15. The summed E-state index contributed by atoms with van der Waals surface area (Å²) in [5.41, 5.74) is 0. The Hall–Kier alpha value is -0.260. The van der Waals surface area contributed by atoms with E-state index in [0.29, 0.717) is 5.92 Å². The molecule has 0 amide bonds. The first-order valence-electron chi connectivity index (χ1n) is 2.73. The first-order valence-corrected chi connectivity index (χ1v) is 2.73. The van der Waals surface area contributed by atoms with Crippen LogP contribution >= 0.6 is 0 Å². The van der Waals surface area contributed by atoms with Gasteiger partial charge >= 0.3 is 0 Å². The van der Waals surface area contributed by atoms with Crippen LogP contribution in [0.1, 0.15) is 13.3 Å². The summed E-state index contributed by atoms with van der Waals surface area (Å²) in [4.78, 5) is 0. The van der Waals surface area contributed by atoms with Crippen molar-refractivity contribution in [3.8, 4) is 0 Å². The van der Waals surface area contributed by atoms with Gasteiger partial charge in [0.25, 0.3) is 0 Å². The van der Waals surface area contributed by atoms with Gasteiger partial charge in [0.1, 0.15) is 0 Å². The average molecular weight is 94.2 g/mol. The summed E-state index contributed by atoms with van der Waals surface area (Å²) in [7, 11) is 0. The number of rotatable bonds is 0. The second-order valence-corrected chi connectivity index (χ2v) is 1.95. The Labute approximate surface area is 45.2 Å². The van der Waals surface area contributed by atoms with E-state index in [0.717, 1.165) is 6.42 Å². The van der Waals surface area contributed by atoms with Crippen LogP contribution in [0.15, 0.2) is 12.2 Å². The normalized spacial score (nSPS) is 30.7. The van der Waals surface area contributed by atoms with Crippen molar-refractivity contribution in [3.63, 3.8) is 0 Å². The molecule has 0 aromatic heterocycles. The molecule has 0 heterocycles. The molecule has 0 spiro atoms. The Bertz CT molecular complexity index is 72.1. The molecule has 38 valence electrons. The molecule has 0 bridgehead atoms. The van der Waals surface area contributed by atoms with Gasteiger partial charge in [0.05, 0.1) is 0 Å². The molecule has 2 radical (unpaired) electrons. The van der Waals surface area contributed by atoms with Crippen molar-refractivity contribution in [3.05, 3.63) is 25.0 Å². The Morgan fingerprint density at radius 3 is 2.71 bits per heavy atom. The van der Waals surface area contributed by atoms with E-state index >= 15 is 0 Å². The molecular weight excluding hydrogens is 84.1 g/mol. The number of hydrogen-bond acceptors (Lipinski definition) is 0. The van der Waals surface area contributed by atoms with Gasteiger partial charge in [0.2, 0.25) is 0 Å². The van der Waals surface area contributed by atoms with Crippen molar-refractivity contribution in [1.82, 2.24) is 0 Å². The van der Waals surface area contributed by atoms with E-state index in [1.165, 1.54) is 0 Å². The van der Waals surface area contributed by atoms with E-state index in [2.05, 4.69) is 31.9 Å². The van der Waals surface area contributed by atoms with Crippen molar-refractivity contribution >= 4 is 0 Å². The maximum atomic E-state index is 2.22. The van der Waals surface area contributed by atoms with E-state index in [1.54, 1.807) is 0 Å². The lowest BCUT2D eigenvalue weighted by Crippen LogP contribution is -1.95. The maximum Gasteiger partial charge on any atom is -0.0228 e. The molecule has 0 nitrogen and oxygen atoms in total. The highest BCUT2D eigenvalue weighted by atomic mass is 14.0. The van der Waals surface area contributed by atoms with Crippen LogP contribution in [0.3, 0.4) is 0 Å². The van der Waals surface area contributed by atoms with Crippen LogP contribution in [0.4, 0.5) is 0 Å². The fraction of sp³-hybridized carbons (Fsp3) is 0.429. The predicted octanol–water partition coefficient (Wildman–Crippen LogP) is 1.99. The molecule has 0 heteroatoms. The summed E-state index contributed by atoms with van der Waals surface area (Å²) in [5, 5.41) is 0. The van der Waals surface area contributed by atoms with Crippen LogP contribution in [0.25, 0.3) is 0 Å². The van der Waals surface area contributed by atoms with Gasteiger partial charge in [-0.3, -0.25) is 0 Å². The molecule has 1 rings (SSSR count). The number of allylic oxidation sites excluding steroid dienone is 2. The lowest BCUT2D eigenvalue weighted by molar-refractivity contribution is 0.821. The van der Waals surface area contributed by atoms with Crippen molar-refractivity contribution in [2.75, 3.05) is 0 Å². The minimum atomic E-state index is 0.675. The van der Waals surface area contributed by atoms with Crippen molar-refractivity contribution in [1.29, 1.82) is 0 Å². The molecule has 0 saturated carbocycles. The zero-order chi connectivity index (χ0) is 5.11. The molecule has 0 aromatic rings. The van der Waals surface area contributed by atoms with Crippen LogP contribution in [0, 0.1) is 18.8 Å². The first-order chi connectivity index (χ1) is 3.39. The summed E-state index contributed by atoms with van der Waals surface area (Å²) < 4.78 is 0. The lowest BCUT2D eigenvalue weighted by atomic mass is 9.98. The lowest BCUT2D eigenvalue weighted by Gasteiger charge is -2.07. The molecule has 0 fully saturated rings. The predicted molar refractivity (Wildman–Crippen MR) is 31.5 cm³/mol. The average Bonchev–Trinajstić information content (AvgIpc) is 1.69. The minimum absolute atomic E-state index is 0.675. The van der Waals surface area contributed by atoms with Gasteiger partial charge in [-0.1, -0.05) is 19.1 Å². The third-order valence-corrected chi connectivity index (χ3v) is 1.15. The van der Waals surface area contributed by atoms with Gasteiger partial charge in [-0.05, 0) is 25.2 Å². The van der Waals surface area contributed by atoms with Crippen molar-refractivity contribution < 1.29 is 0 Å². The third kappa shape index (κ3) is 1.34. The smallest absolute Gasteiger partial charge is 0.0228 e. The Kier molecular flexibility index (Phi) is 1.50. The van der Waals surface area contributed by atoms with Gasteiger partial charge in [-0.15, -0.1) is 0 Å². The Morgan fingerprint density at radius 2 is 2.43 bits per heavy atom. The molecule has 1 unspecified atom stereocenters. The van der Waals surface area contributed by atoms with E-state index in [1.807, 2.05) is 0 Å². The summed E-state index contributed by atoms with van der Waals surface area (Å²) in [6, 6.07) is 0. The molecule has 0 aliphatic heterocycles. The fourth-order valence-electron chi connectivity index (χ4n) is 0.729. The first kappa shape index (κ1) is 4.89. The maximum absolute atomic E-state index is 2.22. The molecule has 1 aliphatic rings. The minimum Gasteiger partial charge on any atom is -0.0880 e. The van der Waals surface area contributed by atoms with E-state index in [4.69, 9.17) is 0 Å². The topological polar surface area (TPSA) is 0 Å². The van der Waals surface area contributed by atoms with E-state index in [-0.39, 0.29) is 0 Å². The van der Waals surface area contributed by atoms with Crippen LogP contribution in [0.5, 0.6) is 0 Å². The molecule has 0 N–H and O–H groups in total. The highest BCUT2D eigenvalue weighted by molar-refractivity contribution is 5.07. The molecule has 1 aliphatic carbocycles. The molecule has 0 saturated heterocycles. The summed E-state index contributed by atoms with van der Waals surface area (Å²) in [5.74, 6) is 0.675. The van der Waals surface area contributed by atoms with Gasteiger partial charge < -0.3 is 0 Å². The molecular formula is C7H10. The van der Waals surface area contributed by atoms with Gasteiger partial charge in [-0.2, -0.15) is 0 Å². The second-order valence-electron chi connectivity index (χ2n) is 1.95. The van der Waals surface area contributed by atoms with Crippen LogP contribution in [0.2, 0.25) is 0 Å². The highest BCUT2D eigenvalue weighted by Crippen LogP contribution is 2.12. The van der Waals surface area contributed by atoms with Gasteiger partial charge in [-0.25, -0.2) is 0 Å². The quantitative estimate of drug-likeness (QED) is 0.403. The summed E-state index contributed by atoms with van der Waals surface area (Å²) in [6.45, 7) is 2.19. The zero-order valence-corrected chi connectivity index (χ0v) is 4.59. The van der Waals surface area contributed by atoms with Crippen LogP contribution < -0.4 is 0 Å². The second kappa shape index (κ2) is 2.15. The zero-order valence-electron chi connectivity index (χ0n) is 4.59. The molecule has 7 heavy (non-hydrogen) atoms.